The quantitative estimate of drug-likeness (QED) is 0.770. The molecule has 0 aliphatic rings. The van der Waals surface area contributed by atoms with E-state index in [1.54, 1.807) is 0 Å². The van der Waals surface area contributed by atoms with Crippen LogP contribution < -0.4 is 0 Å². The summed E-state index contributed by atoms with van der Waals surface area (Å²) in [7, 11) is 0. The van der Waals surface area contributed by atoms with Gasteiger partial charge >= 0.3 is 5.97 Å². The van der Waals surface area contributed by atoms with Gasteiger partial charge in [-0.1, -0.05) is 54.6 Å². The molecule has 3 aromatic rings. The minimum atomic E-state index is -0.808. The fourth-order valence-corrected chi connectivity index (χ4v) is 2.48. The Morgan fingerprint density at radius 2 is 1.45 bits per heavy atom. The van der Waals surface area contributed by atoms with Gasteiger partial charge in [-0.05, 0) is 39.6 Å². The minimum absolute atomic E-state index is 0.0368. The Balaban J connectivity index is 2.24. The normalized spacial score (nSPS) is 10.6. The maximum Gasteiger partial charge on any atom is 0.307 e. The van der Waals surface area contributed by atoms with Crippen LogP contribution in [0.25, 0.3) is 21.9 Å². The Morgan fingerprint density at radius 1 is 0.850 bits per heavy atom. The van der Waals surface area contributed by atoms with E-state index in [0.29, 0.717) is 0 Å². The van der Waals surface area contributed by atoms with Gasteiger partial charge in [0.15, 0.2) is 0 Å². The number of hydrogen-bond acceptors (Lipinski definition) is 1. The molecule has 20 heavy (non-hydrogen) atoms. The van der Waals surface area contributed by atoms with Crippen LogP contribution in [-0.2, 0) is 11.2 Å². The molecule has 0 amide bonds. The maximum absolute atomic E-state index is 11.1. The summed E-state index contributed by atoms with van der Waals surface area (Å²) in [5.41, 5.74) is 2.89. The molecule has 0 saturated carbocycles. The number of carbonyl (C=O) groups is 1. The zero-order valence-corrected chi connectivity index (χ0v) is 10.9. The zero-order chi connectivity index (χ0) is 13.9. The molecular formula is C18H14O2. The van der Waals surface area contributed by atoms with Gasteiger partial charge in [0.25, 0.3) is 0 Å². The molecule has 0 unspecified atom stereocenters. The molecular weight excluding hydrogens is 248 g/mol. The first kappa shape index (κ1) is 12.4. The highest BCUT2D eigenvalue weighted by molar-refractivity contribution is 5.90. The van der Waals surface area contributed by atoms with Gasteiger partial charge in [0.05, 0.1) is 6.42 Å². The van der Waals surface area contributed by atoms with Crippen LogP contribution in [0.5, 0.6) is 0 Å². The molecule has 0 atom stereocenters. The van der Waals surface area contributed by atoms with Gasteiger partial charge in [0.2, 0.25) is 0 Å². The highest BCUT2D eigenvalue weighted by atomic mass is 16.4. The van der Waals surface area contributed by atoms with Gasteiger partial charge in [-0.25, -0.2) is 0 Å². The standard InChI is InChI=1S/C18H14O2/c19-18(20)12-16-10-14-8-4-5-9-15(14)11-17(16)13-6-2-1-3-7-13/h1-11H,12H2,(H,19,20). The fourth-order valence-electron chi connectivity index (χ4n) is 2.48. The molecule has 1 N–H and O–H groups in total. The molecule has 0 aliphatic carbocycles. The summed E-state index contributed by atoms with van der Waals surface area (Å²) in [6, 6.07) is 22.0. The Morgan fingerprint density at radius 3 is 2.10 bits per heavy atom. The van der Waals surface area contributed by atoms with Crippen LogP contribution in [-0.4, -0.2) is 11.1 Å². The highest BCUT2D eigenvalue weighted by Crippen LogP contribution is 2.29. The van der Waals surface area contributed by atoms with E-state index in [1.807, 2.05) is 60.7 Å². The van der Waals surface area contributed by atoms with E-state index in [0.717, 1.165) is 27.5 Å². The van der Waals surface area contributed by atoms with Crippen molar-refractivity contribution >= 4 is 16.7 Å². The van der Waals surface area contributed by atoms with Gasteiger partial charge < -0.3 is 5.11 Å². The van der Waals surface area contributed by atoms with Crippen molar-refractivity contribution in [1.82, 2.24) is 0 Å². The lowest BCUT2D eigenvalue weighted by atomic mass is 9.94. The van der Waals surface area contributed by atoms with Crippen molar-refractivity contribution in [2.75, 3.05) is 0 Å². The number of rotatable bonds is 3. The topological polar surface area (TPSA) is 37.3 Å². The molecule has 0 radical (unpaired) electrons. The van der Waals surface area contributed by atoms with Gasteiger partial charge in [0, 0.05) is 0 Å². The first-order valence-electron chi connectivity index (χ1n) is 6.53. The van der Waals surface area contributed by atoms with Gasteiger partial charge in [-0.2, -0.15) is 0 Å². The van der Waals surface area contributed by atoms with Crippen LogP contribution in [0.4, 0.5) is 0 Å². The summed E-state index contributed by atoms with van der Waals surface area (Å²) < 4.78 is 0. The molecule has 2 heteroatoms. The maximum atomic E-state index is 11.1. The molecule has 0 saturated heterocycles. The van der Waals surface area contributed by atoms with E-state index in [4.69, 9.17) is 5.11 Å². The van der Waals surface area contributed by atoms with Crippen molar-refractivity contribution < 1.29 is 9.90 Å². The Kier molecular flexibility index (Phi) is 3.21. The summed E-state index contributed by atoms with van der Waals surface area (Å²) in [6.45, 7) is 0. The molecule has 0 fully saturated rings. The average molecular weight is 262 g/mol. The molecule has 0 spiro atoms. The van der Waals surface area contributed by atoms with Crippen LogP contribution in [0.1, 0.15) is 5.56 Å². The molecule has 0 aromatic heterocycles. The van der Waals surface area contributed by atoms with Crippen LogP contribution in [0, 0.1) is 0 Å². The van der Waals surface area contributed by atoms with E-state index in [-0.39, 0.29) is 6.42 Å². The number of aliphatic carboxylic acids is 1. The minimum Gasteiger partial charge on any atom is -0.481 e. The Bertz CT molecular complexity index is 761. The van der Waals surface area contributed by atoms with Crippen molar-refractivity contribution in [3.63, 3.8) is 0 Å². The Hall–Kier alpha value is -2.61. The summed E-state index contributed by atoms with van der Waals surface area (Å²) in [5, 5.41) is 11.3. The van der Waals surface area contributed by atoms with Crippen LogP contribution in [0.2, 0.25) is 0 Å². The van der Waals surface area contributed by atoms with E-state index >= 15 is 0 Å². The predicted octanol–water partition coefficient (Wildman–Crippen LogP) is 4.13. The molecule has 3 rings (SSSR count). The van der Waals surface area contributed by atoms with Gasteiger partial charge in [-0.3, -0.25) is 4.79 Å². The third-order valence-electron chi connectivity index (χ3n) is 3.40. The van der Waals surface area contributed by atoms with E-state index in [1.165, 1.54) is 0 Å². The average Bonchev–Trinajstić information content (AvgIpc) is 2.47. The lowest BCUT2D eigenvalue weighted by Gasteiger charge is -2.10. The Labute approximate surface area is 117 Å². The second-order valence-corrected chi connectivity index (χ2v) is 4.79. The summed E-state index contributed by atoms with van der Waals surface area (Å²) in [6.07, 6.45) is 0.0368. The van der Waals surface area contributed by atoms with E-state index in [9.17, 15) is 4.79 Å². The summed E-state index contributed by atoms with van der Waals surface area (Å²) in [4.78, 5) is 11.1. The summed E-state index contributed by atoms with van der Waals surface area (Å²) in [5.74, 6) is -0.808. The van der Waals surface area contributed by atoms with Crippen LogP contribution in [0.15, 0.2) is 66.7 Å². The van der Waals surface area contributed by atoms with Gasteiger partial charge in [0.1, 0.15) is 0 Å². The zero-order valence-electron chi connectivity index (χ0n) is 10.9. The smallest absolute Gasteiger partial charge is 0.307 e. The first-order chi connectivity index (χ1) is 9.74. The van der Waals surface area contributed by atoms with Crippen LogP contribution in [0.3, 0.4) is 0 Å². The van der Waals surface area contributed by atoms with Crippen molar-refractivity contribution in [3.05, 3.63) is 72.3 Å². The van der Waals surface area contributed by atoms with Crippen LogP contribution >= 0.6 is 0 Å². The third-order valence-corrected chi connectivity index (χ3v) is 3.40. The predicted molar refractivity (Wildman–Crippen MR) is 80.7 cm³/mol. The summed E-state index contributed by atoms with van der Waals surface area (Å²) >= 11 is 0. The molecule has 3 aromatic carbocycles. The molecule has 0 heterocycles. The van der Waals surface area contributed by atoms with Crippen molar-refractivity contribution in [3.8, 4) is 11.1 Å². The third kappa shape index (κ3) is 2.41. The molecule has 2 nitrogen and oxygen atoms in total. The first-order valence-corrected chi connectivity index (χ1v) is 6.53. The number of fused-ring (bicyclic) bond motifs is 1. The molecule has 0 aliphatic heterocycles. The van der Waals surface area contributed by atoms with Crippen molar-refractivity contribution in [1.29, 1.82) is 0 Å². The SMILES string of the molecule is O=C(O)Cc1cc2ccccc2cc1-c1ccccc1. The van der Waals surface area contributed by atoms with E-state index in [2.05, 4.69) is 6.07 Å². The second-order valence-electron chi connectivity index (χ2n) is 4.79. The fraction of sp³-hybridized carbons (Fsp3) is 0.0556. The number of carboxylic acids is 1. The largest absolute Gasteiger partial charge is 0.481 e. The van der Waals surface area contributed by atoms with Crippen molar-refractivity contribution in [2.24, 2.45) is 0 Å². The van der Waals surface area contributed by atoms with Crippen molar-refractivity contribution in [2.45, 2.75) is 6.42 Å². The lowest BCUT2D eigenvalue weighted by molar-refractivity contribution is -0.136. The van der Waals surface area contributed by atoms with Gasteiger partial charge in [-0.15, -0.1) is 0 Å². The lowest BCUT2D eigenvalue weighted by Crippen LogP contribution is -2.02. The number of benzene rings is 3. The highest BCUT2D eigenvalue weighted by Gasteiger charge is 2.10. The number of carboxylic acid groups (broad SMARTS) is 1. The van der Waals surface area contributed by atoms with E-state index < -0.39 is 5.97 Å². The monoisotopic (exact) mass is 262 g/mol. The number of hydrogen-bond donors (Lipinski definition) is 1. The molecule has 98 valence electrons. The second kappa shape index (κ2) is 5.17. The molecule has 0 bridgehead atoms.